The van der Waals surface area contributed by atoms with Crippen LogP contribution < -0.4 is 14.4 Å². The van der Waals surface area contributed by atoms with Gasteiger partial charge in [-0.1, -0.05) is 11.6 Å². The van der Waals surface area contributed by atoms with Crippen molar-refractivity contribution in [3.63, 3.8) is 0 Å². The molecule has 0 unspecified atom stereocenters. The number of amides is 1. The van der Waals surface area contributed by atoms with Crippen LogP contribution in [0.5, 0.6) is 5.75 Å². The van der Waals surface area contributed by atoms with Gasteiger partial charge in [-0.25, -0.2) is 8.42 Å². The van der Waals surface area contributed by atoms with Gasteiger partial charge in [0.25, 0.3) is 10.0 Å². The maximum Gasteiger partial charge on any atom is 0.264 e. The first kappa shape index (κ1) is 22.4. The molecule has 156 valence electrons. The van der Waals surface area contributed by atoms with E-state index < -0.39 is 22.5 Å². The number of rotatable bonds is 7. The van der Waals surface area contributed by atoms with Gasteiger partial charge in [0.2, 0.25) is 5.91 Å². The molecule has 0 aliphatic rings. The van der Waals surface area contributed by atoms with E-state index in [0.29, 0.717) is 22.1 Å². The lowest BCUT2D eigenvalue weighted by atomic mass is 10.3. The van der Waals surface area contributed by atoms with Crippen LogP contribution in [0.2, 0.25) is 5.02 Å². The molecule has 0 fully saturated rings. The third kappa shape index (κ3) is 5.44. The predicted molar refractivity (Wildman–Crippen MR) is 127 cm³/mol. The second-order valence-corrected chi connectivity index (χ2v) is 9.76. The van der Waals surface area contributed by atoms with Crippen LogP contribution in [0.1, 0.15) is 0 Å². The first-order chi connectivity index (χ1) is 14.3. The Labute approximate surface area is 194 Å². The van der Waals surface area contributed by atoms with Gasteiger partial charge in [0, 0.05) is 14.3 Å². The highest BCUT2D eigenvalue weighted by molar-refractivity contribution is 14.1. The van der Waals surface area contributed by atoms with Crippen molar-refractivity contribution in [2.75, 3.05) is 23.3 Å². The highest BCUT2D eigenvalue weighted by Crippen LogP contribution is 2.26. The second kappa shape index (κ2) is 9.67. The van der Waals surface area contributed by atoms with Crippen LogP contribution in [-0.2, 0) is 14.8 Å². The average Bonchev–Trinajstić information content (AvgIpc) is 2.74. The third-order valence-corrected chi connectivity index (χ3v) is 6.94. The lowest BCUT2D eigenvalue weighted by Gasteiger charge is -2.24. The summed E-state index contributed by atoms with van der Waals surface area (Å²) in [6.45, 7) is -0.401. The van der Waals surface area contributed by atoms with Crippen LogP contribution >= 0.6 is 34.2 Å². The van der Waals surface area contributed by atoms with E-state index in [4.69, 9.17) is 16.3 Å². The Hall–Kier alpha value is -2.30. The van der Waals surface area contributed by atoms with Gasteiger partial charge in [-0.3, -0.25) is 9.10 Å². The van der Waals surface area contributed by atoms with E-state index in [1.165, 1.54) is 19.2 Å². The number of nitrogens with one attached hydrogen (secondary N) is 1. The molecule has 3 aromatic carbocycles. The number of carbonyl (C=O) groups is 1. The molecule has 0 aromatic heterocycles. The Kier molecular flexibility index (Phi) is 7.22. The number of ether oxygens (including phenoxy) is 1. The van der Waals surface area contributed by atoms with E-state index in [0.717, 1.165) is 7.88 Å². The van der Waals surface area contributed by atoms with E-state index in [-0.39, 0.29) is 4.90 Å². The quantitative estimate of drug-likeness (QED) is 0.425. The van der Waals surface area contributed by atoms with Crippen molar-refractivity contribution < 1.29 is 17.9 Å². The minimum atomic E-state index is -4.01. The number of halogens is 2. The molecule has 0 radical (unpaired) electrons. The normalized spacial score (nSPS) is 11.0. The fourth-order valence-corrected chi connectivity index (χ4v) is 4.57. The molecule has 3 aromatic rings. The molecule has 0 spiro atoms. The summed E-state index contributed by atoms with van der Waals surface area (Å²) in [5, 5.41) is 3.19. The largest absolute Gasteiger partial charge is 0.497 e. The highest BCUT2D eigenvalue weighted by Gasteiger charge is 2.27. The second-order valence-electron chi connectivity index (χ2n) is 6.22. The number of methoxy groups -OCH3 is 1. The maximum absolute atomic E-state index is 13.3. The molecule has 3 rings (SSSR count). The summed E-state index contributed by atoms with van der Waals surface area (Å²) in [6, 6.07) is 19.5. The van der Waals surface area contributed by atoms with Crippen LogP contribution in [0, 0.1) is 3.57 Å². The Morgan fingerprint density at radius 1 is 1.00 bits per heavy atom. The minimum Gasteiger partial charge on any atom is -0.497 e. The van der Waals surface area contributed by atoms with Crippen molar-refractivity contribution >= 4 is 61.5 Å². The van der Waals surface area contributed by atoms with E-state index in [1.807, 2.05) is 12.1 Å². The molecular weight excluding hydrogens is 539 g/mol. The average molecular weight is 557 g/mol. The lowest BCUT2D eigenvalue weighted by Crippen LogP contribution is -2.38. The topological polar surface area (TPSA) is 75.7 Å². The zero-order valence-electron chi connectivity index (χ0n) is 15.9. The summed E-state index contributed by atoms with van der Waals surface area (Å²) >= 11 is 8.11. The summed E-state index contributed by atoms with van der Waals surface area (Å²) in [4.78, 5) is 12.7. The van der Waals surface area contributed by atoms with Crippen molar-refractivity contribution in [2.24, 2.45) is 0 Å². The standard InChI is InChI=1S/C21H18ClIN2O4S/c1-29-19-10-12-20(13-11-19)30(27,28)25(18-8-2-15(22)3-9-18)14-21(26)24-17-6-4-16(23)5-7-17/h2-13H,14H2,1H3,(H,24,26). The summed E-state index contributed by atoms with van der Waals surface area (Å²) in [6.07, 6.45) is 0. The Bertz CT molecular complexity index is 1120. The van der Waals surface area contributed by atoms with Gasteiger partial charge >= 0.3 is 0 Å². The van der Waals surface area contributed by atoms with Gasteiger partial charge in [0.1, 0.15) is 12.3 Å². The number of nitrogens with zero attached hydrogens (tertiary/aromatic N) is 1. The molecule has 9 heteroatoms. The van der Waals surface area contributed by atoms with E-state index in [1.54, 1.807) is 48.5 Å². The molecule has 0 aliphatic heterocycles. The van der Waals surface area contributed by atoms with Crippen LogP contribution in [-0.4, -0.2) is 28.0 Å². The summed E-state index contributed by atoms with van der Waals surface area (Å²) in [7, 11) is -2.51. The molecular formula is C21H18ClIN2O4S. The molecule has 0 heterocycles. The van der Waals surface area contributed by atoms with Crippen LogP contribution in [0.25, 0.3) is 0 Å². The molecule has 0 atom stereocenters. The first-order valence-corrected chi connectivity index (χ1v) is 11.7. The lowest BCUT2D eigenvalue weighted by molar-refractivity contribution is -0.114. The summed E-state index contributed by atoms with van der Waals surface area (Å²) in [5.74, 6) is 0.0618. The molecule has 30 heavy (non-hydrogen) atoms. The summed E-state index contributed by atoms with van der Waals surface area (Å²) < 4.78 is 33.8. The number of benzene rings is 3. The molecule has 1 amide bonds. The molecule has 0 bridgehead atoms. The zero-order valence-corrected chi connectivity index (χ0v) is 19.6. The number of sulfonamides is 1. The first-order valence-electron chi connectivity index (χ1n) is 8.77. The number of hydrogen-bond acceptors (Lipinski definition) is 4. The van der Waals surface area contributed by atoms with E-state index in [9.17, 15) is 13.2 Å². The van der Waals surface area contributed by atoms with Crippen molar-refractivity contribution in [2.45, 2.75) is 4.90 Å². The van der Waals surface area contributed by atoms with Crippen molar-refractivity contribution in [1.82, 2.24) is 0 Å². The van der Waals surface area contributed by atoms with Crippen molar-refractivity contribution in [3.8, 4) is 5.75 Å². The molecule has 1 N–H and O–H groups in total. The van der Waals surface area contributed by atoms with Gasteiger partial charge < -0.3 is 10.1 Å². The van der Waals surface area contributed by atoms with Gasteiger partial charge in [0.05, 0.1) is 17.7 Å². The predicted octanol–water partition coefficient (Wildman–Crippen LogP) is 4.79. The SMILES string of the molecule is COc1ccc(S(=O)(=O)N(CC(=O)Nc2ccc(I)cc2)c2ccc(Cl)cc2)cc1. The highest BCUT2D eigenvalue weighted by atomic mass is 127. The van der Waals surface area contributed by atoms with Gasteiger partial charge in [-0.15, -0.1) is 0 Å². The fourth-order valence-electron chi connectivity index (χ4n) is 2.66. The van der Waals surface area contributed by atoms with Crippen LogP contribution in [0.15, 0.2) is 77.7 Å². The molecule has 0 saturated heterocycles. The molecule has 0 saturated carbocycles. The monoisotopic (exact) mass is 556 g/mol. The number of carbonyl (C=O) groups excluding carboxylic acids is 1. The number of anilines is 2. The summed E-state index contributed by atoms with van der Waals surface area (Å²) in [5.41, 5.74) is 0.909. The van der Waals surface area contributed by atoms with Crippen molar-refractivity contribution in [1.29, 1.82) is 0 Å². The van der Waals surface area contributed by atoms with Crippen molar-refractivity contribution in [3.05, 3.63) is 81.4 Å². The van der Waals surface area contributed by atoms with Gasteiger partial charge in [-0.05, 0) is 95.4 Å². The fraction of sp³-hybridized carbons (Fsp3) is 0.0952. The Morgan fingerprint density at radius 3 is 2.17 bits per heavy atom. The zero-order chi connectivity index (χ0) is 21.7. The van der Waals surface area contributed by atoms with Gasteiger partial charge in [-0.2, -0.15) is 0 Å². The number of hydrogen-bond donors (Lipinski definition) is 1. The van der Waals surface area contributed by atoms with E-state index in [2.05, 4.69) is 27.9 Å². The maximum atomic E-state index is 13.3. The van der Waals surface area contributed by atoms with Crippen LogP contribution in [0.4, 0.5) is 11.4 Å². The Balaban J connectivity index is 1.92. The minimum absolute atomic E-state index is 0.0420. The smallest absolute Gasteiger partial charge is 0.264 e. The Morgan fingerprint density at radius 2 is 1.60 bits per heavy atom. The van der Waals surface area contributed by atoms with E-state index >= 15 is 0 Å². The van der Waals surface area contributed by atoms with Crippen LogP contribution in [0.3, 0.4) is 0 Å². The molecule has 0 aliphatic carbocycles. The third-order valence-electron chi connectivity index (χ3n) is 4.18. The van der Waals surface area contributed by atoms with Gasteiger partial charge in [0.15, 0.2) is 0 Å². The molecule has 6 nitrogen and oxygen atoms in total.